The predicted octanol–water partition coefficient (Wildman–Crippen LogP) is 5.04. The average molecular weight is 514 g/mol. The first kappa shape index (κ1) is 24.5. The zero-order chi connectivity index (χ0) is 26.3. The molecule has 2 N–H and O–H groups in total. The van der Waals surface area contributed by atoms with Crippen molar-refractivity contribution in [3.05, 3.63) is 103 Å². The molecule has 1 aliphatic heterocycles. The maximum Gasteiger partial charge on any atom is 0.269 e. The number of carbonyl (C=O) groups excluding carboxylic acids is 1. The fourth-order valence-electron chi connectivity index (χ4n) is 4.91. The summed E-state index contributed by atoms with van der Waals surface area (Å²) in [5.74, 6) is 0.272. The van der Waals surface area contributed by atoms with E-state index in [0.29, 0.717) is 46.3 Å². The van der Waals surface area contributed by atoms with Crippen LogP contribution < -0.4 is 10.9 Å². The van der Waals surface area contributed by atoms with E-state index in [1.54, 1.807) is 36.4 Å². The van der Waals surface area contributed by atoms with Gasteiger partial charge in [-0.2, -0.15) is 5.26 Å². The van der Waals surface area contributed by atoms with E-state index in [1.165, 1.54) is 23.9 Å². The Hall–Kier alpha value is -4.23. The molecular formula is C27H23N5O4S. The first-order valence-electron chi connectivity index (χ1n) is 11.7. The first-order chi connectivity index (χ1) is 17.6. The minimum atomic E-state index is -0.590. The summed E-state index contributed by atoms with van der Waals surface area (Å²) in [7, 11) is 0. The molecule has 1 atom stereocenters. The number of fused-ring (bicyclic) bond motifs is 1. The fourth-order valence-corrected chi connectivity index (χ4v) is 5.73. The number of nitrogens with one attached hydrogen (secondary N) is 2. The second-order valence-electron chi connectivity index (χ2n) is 9.97. The second-order valence-corrected chi connectivity index (χ2v) is 10.9. The van der Waals surface area contributed by atoms with Crippen molar-refractivity contribution in [2.75, 3.05) is 5.32 Å². The molecule has 37 heavy (non-hydrogen) atoms. The van der Waals surface area contributed by atoms with Crippen LogP contribution in [-0.4, -0.2) is 20.7 Å². The number of H-pyrrole nitrogens is 1. The standard InChI is InChI=1S/C27H23N5O4S/c1-27(2)11-19-22(20(33)12-27)21(17-7-3-15(13-28)4-8-17)23-24(29-19)30-26(31-25(23)34)37-14-16-5-9-18(10-6-16)32(35)36/h3-10,21H,11-12,14H2,1-2H3,(H2,29,30,31,34). The minimum Gasteiger partial charge on any atom is -0.343 e. The number of rotatable bonds is 5. The van der Waals surface area contributed by atoms with E-state index in [0.717, 1.165) is 16.8 Å². The molecule has 3 aromatic rings. The molecule has 2 aliphatic rings. The molecule has 2 aromatic carbocycles. The van der Waals surface area contributed by atoms with Gasteiger partial charge in [0.15, 0.2) is 10.9 Å². The molecule has 9 nitrogen and oxygen atoms in total. The number of nitro benzene ring substituents is 1. The zero-order valence-corrected chi connectivity index (χ0v) is 21.0. The number of hydrogen-bond acceptors (Lipinski definition) is 8. The van der Waals surface area contributed by atoms with Crippen LogP contribution in [0.1, 0.15) is 54.9 Å². The van der Waals surface area contributed by atoms with Crippen molar-refractivity contribution in [2.24, 2.45) is 5.41 Å². The van der Waals surface area contributed by atoms with Crippen molar-refractivity contribution in [2.45, 2.75) is 43.5 Å². The normalized spacial score (nSPS) is 17.9. The van der Waals surface area contributed by atoms with Gasteiger partial charge in [-0.25, -0.2) is 4.98 Å². The van der Waals surface area contributed by atoms with Crippen LogP contribution in [0.15, 0.2) is 69.8 Å². The van der Waals surface area contributed by atoms with Gasteiger partial charge in [-0.3, -0.25) is 19.7 Å². The lowest BCUT2D eigenvalue weighted by Gasteiger charge is -2.38. The van der Waals surface area contributed by atoms with E-state index in [1.807, 2.05) is 13.8 Å². The van der Waals surface area contributed by atoms with Gasteiger partial charge in [-0.1, -0.05) is 49.9 Å². The summed E-state index contributed by atoms with van der Waals surface area (Å²) in [5, 5.41) is 23.8. The number of allylic oxidation sites excluding steroid dienone is 2. The van der Waals surface area contributed by atoms with Crippen molar-refractivity contribution in [3.63, 3.8) is 0 Å². The van der Waals surface area contributed by atoms with E-state index in [4.69, 9.17) is 4.98 Å². The summed E-state index contributed by atoms with van der Waals surface area (Å²) >= 11 is 1.31. The fraction of sp³-hybridized carbons (Fsp3) is 0.259. The van der Waals surface area contributed by atoms with Crippen LogP contribution in [0.4, 0.5) is 11.5 Å². The lowest BCUT2D eigenvalue weighted by molar-refractivity contribution is -0.384. The third kappa shape index (κ3) is 4.78. The molecule has 1 aromatic heterocycles. The topological polar surface area (TPSA) is 142 Å². The third-order valence-corrected chi connectivity index (χ3v) is 7.54. The van der Waals surface area contributed by atoms with Gasteiger partial charge in [0.25, 0.3) is 11.2 Å². The highest BCUT2D eigenvalue weighted by atomic mass is 32.2. The van der Waals surface area contributed by atoms with E-state index in [2.05, 4.69) is 16.4 Å². The molecule has 0 spiro atoms. The number of aromatic amines is 1. The van der Waals surface area contributed by atoms with Gasteiger partial charge in [-0.15, -0.1) is 0 Å². The second kappa shape index (κ2) is 9.33. The molecule has 0 fully saturated rings. The van der Waals surface area contributed by atoms with Gasteiger partial charge in [0, 0.05) is 41.5 Å². The van der Waals surface area contributed by atoms with Crippen LogP contribution in [0.2, 0.25) is 0 Å². The van der Waals surface area contributed by atoms with Gasteiger partial charge in [-0.05, 0) is 35.1 Å². The van der Waals surface area contributed by atoms with Crippen molar-refractivity contribution in [1.82, 2.24) is 9.97 Å². The quantitative estimate of drug-likeness (QED) is 0.209. The highest BCUT2D eigenvalue weighted by Gasteiger charge is 2.42. The Morgan fingerprint density at radius 2 is 1.84 bits per heavy atom. The Bertz CT molecular complexity index is 1550. The smallest absolute Gasteiger partial charge is 0.269 e. The van der Waals surface area contributed by atoms with E-state index in [-0.39, 0.29) is 22.4 Å². The summed E-state index contributed by atoms with van der Waals surface area (Å²) in [4.78, 5) is 44.7. The Labute approximate surface area is 216 Å². The largest absolute Gasteiger partial charge is 0.343 e. The van der Waals surface area contributed by atoms with Crippen LogP contribution in [0, 0.1) is 26.9 Å². The van der Waals surface area contributed by atoms with Gasteiger partial charge < -0.3 is 10.3 Å². The molecule has 186 valence electrons. The first-order valence-corrected chi connectivity index (χ1v) is 12.7. The number of non-ortho nitro benzene ring substituents is 1. The summed E-state index contributed by atoms with van der Waals surface area (Å²) in [6.07, 6.45) is 1.02. The Kier molecular flexibility index (Phi) is 6.17. The third-order valence-electron chi connectivity index (χ3n) is 6.60. The highest BCUT2D eigenvalue weighted by Crippen LogP contribution is 2.47. The number of aromatic nitrogens is 2. The molecule has 1 unspecified atom stereocenters. The van der Waals surface area contributed by atoms with Crippen LogP contribution >= 0.6 is 11.8 Å². The zero-order valence-electron chi connectivity index (χ0n) is 20.2. The van der Waals surface area contributed by atoms with Crippen molar-refractivity contribution in [3.8, 4) is 6.07 Å². The lowest BCUT2D eigenvalue weighted by atomic mass is 9.69. The number of nitro groups is 1. The monoisotopic (exact) mass is 513 g/mol. The molecule has 5 rings (SSSR count). The van der Waals surface area contributed by atoms with Gasteiger partial charge >= 0.3 is 0 Å². The highest BCUT2D eigenvalue weighted by molar-refractivity contribution is 7.98. The Morgan fingerprint density at radius 1 is 1.14 bits per heavy atom. The molecule has 10 heteroatoms. The van der Waals surface area contributed by atoms with Crippen molar-refractivity contribution < 1.29 is 9.72 Å². The summed E-state index contributed by atoms with van der Waals surface area (Å²) < 4.78 is 0. The summed E-state index contributed by atoms with van der Waals surface area (Å²) in [6.45, 7) is 4.08. The SMILES string of the molecule is CC1(C)CC(=O)C2=C(C1)Nc1nc(SCc3ccc([N+](=O)[O-])cc3)[nH]c(=O)c1C2c1ccc(C#N)cc1. The number of benzene rings is 2. The lowest BCUT2D eigenvalue weighted by Crippen LogP contribution is -2.37. The predicted molar refractivity (Wildman–Crippen MR) is 139 cm³/mol. The molecule has 0 saturated heterocycles. The number of hydrogen-bond donors (Lipinski definition) is 2. The molecule has 2 heterocycles. The maximum atomic E-state index is 13.4. The number of anilines is 1. The van der Waals surface area contributed by atoms with Crippen molar-refractivity contribution in [1.29, 1.82) is 5.26 Å². The van der Waals surface area contributed by atoms with Gasteiger partial charge in [0.2, 0.25) is 0 Å². The number of nitriles is 1. The van der Waals surface area contributed by atoms with Crippen molar-refractivity contribution >= 4 is 29.1 Å². The van der Waals surface area contributed by atoms with Crippen LogP contribution in [0.5, 0.6) is 0 Å². The van der Waals surface area contributed by atoms with E-state index < -0.39 is 10.8 Å². The molecular weight excluding hydrogens is 490 g/mol. The molecule has 0 bridgehead atoms. The van der Waals surface area contributed by atoms with E-state index >= 15 is 0 Å². The molecule has 0 radical (unpaired) electrons. The van der Waals surface area contributed by atoms with Crippen LogP contribution in [0.3, 0.4) is 0 Å². The summed E-state index contributed by atoms with van der Waals surface area (Å²) in [5.41, 5.74) is 3.25. The van der Waals surface area contributed by atoms with Gasteiger partial charge in [0.1, 0.15) is 5.82 Å². The van der Waals surface area contributed by atoms with E-state index in [9.17, 15) is 25.0 Å². The molecule has 0 saturated carbocycles. The van der Waals surface area contributed by atoms with Crippen LogP contribution in [-0.2, 0) is 10.5 Å². The average Bonchev–Trinajstić information content (AvgIpc) is 2.85. The van der Waals surface area contributed by atoms with Gasteiger partial charge in [0.05, 0.1) is 22.1 Å². The van der Waals surface area contributed by atoms with Crippen LogP contribution in [0.25, 0.3) is 0 Å². The number of Topliss-reactive ketones (excluding diaryl/α,β-unsaturated/α-hetero) is 1. The summed E-state index contributed by atoms with van der Waals surface area (Å²) in [6, 6.07) is 15.3. The Morgan fingerprint density at radius 3 is 2.49 bits per heavy atom. The number of nitrogens with zero attached hydrogens (tertiary/aromatic N) is 3. The molecule has 1 aliphatic carbocycles. The minimum absolute atomic E-state index is 0.00483. The number of thioether (sulfide) groups is 1. The maximum absolute atomic E-state index is 13.4. The molecule has 0 amide bonds. The number of carbonyl (C=O) groups is 1. The number of ketones is 1. The Balaban J connectivity index is 1.53.